The van der Waals surface area contributed by atoms with Gasteiger partial charge in [0.05, 0.1) is 18.8 Å². The number of nitrogens with one attached hydrogen (secondary N) is 1. The maximum Gasteiger partial charge on any atom is 0.258 e. The highest BCUT2D eigenvalue weighted by atomic mass is 19.1. The smallest absolute Gasteiger partial charge is 0.258 e. The van der Waals surface area contributed by atoms with Gasteiger partial charge in [0.25, 0.3) is 5.91 Å². The minimum atomic E-state index is -0.388. The summed E-state index contributed by atoms with van der Waals surface area (Å²) in [6.45, 7) is 0.576. The summed E-state index contributed by atoms with van der Waals surface area (Å²) in [5.41, 5.74) is 3.44. The molecule has 0 saturated heterocycles. The molecule has 1 unspecified atom stereocenters. The van der Waals surface area contributed by atoms with Gasteiger partial charge in [-0.25, -0.2) is 4.39 Å². The van der Waals surface area contributed by atoms with Crippen LogP contribution in [0.25, 0.3) is 0 Å². The Hall–Kier alpha value is -3.15. The first kappa shape index (κ1) is 18.2. The second kappa shape index (κ2) is 8.25. The van der Waals surface area contributed by atoms with Crippen LogP contribution in [0.3, 0.4) is 0 Å². The molecule has 0 spiro atoms. The number of rotatable bonds is 6. The number of fused-ring (bicyclic) bond motifs is 1. The Bertz CT molecular complexity index is 955. The van der Waals surface area contributed by atoms with E-state index in [1.54, 1.807) is 12.1 Å². The fraction of sp³-hybridized carbons (Fsp3) is 0.273. The summed E-state index contributed by atoms with van der Waals surface area (Å²) < 4.78 is 20.6. The van der Waals surface area contributed by atoms with Crippen molar-refractivity contribution in [2.24, 2.45) is 0 Å². The third kappa shape index (κ3) is 4.22. The van der Waals surface area contributed by atoms with Crippen molar-refractivity contribution >= 4 is 5.91 Å². The van der Waals surface area contributed by atoms with Crippen molar-refractivity contribution in [2.45, 2.75) is 31.8 Å². The Kier molecular flexibility index (Phi) is 5.37. The second-order valence-electron chi connectivity index (χ2n) is 6.95. The number of benzene rings is 2. The molecule has 1 heterocycles. The minimum Gasteiger partial charge on any atom is -0.484 e. The number of amides is 1. The molecule has 4 rings (SSSR count). The molecule has 6 heteroatoms. The third-order valence-electron chi connectivity index (χ3n) is 4.94. The van der Waals surface area contributed by atoms with E-state index in [-0.39, 0.29) is 24.4 Å². The molecule has 1 aromatic heterocycles. The monoisotopic (exact) mass is 379 g/mol. The van der Waals surface area contributed by atoms with Gasteiger partial charge in [-0.15, -0.1) is 0 Å². The van der Waals surface area contributed by atoms with E-state index in [0.29, 0.717) is 5.75 Å². The van der Waals surface area contributed by atoms with E-state index >= 15 is 0 Å². The standard InChI is InChI=1S/C22H22FN3O2/c23-17-8-4-9-18(12-17)28-15-22(27)25-20-10-5-11-21-19(20)13-24-26(21)14-16-6-2-1-3-7-16/h1-4,6-9,12-13,20H,5,10-11,14-15H2,(H,25,27). The van der Waals surface area contributed by atoms with Crippen molar-refractivity contribution in [1.82, 2.24) is 15.1 Å². The van der Waals surface area contributed by atoms with Gasteiger partial charge in [0.15, 0.2) is 6.61 Å². The maximum atomic E-state index is 13.2. The summed E-state index contributed by atoms with van der Waals surface area (Å²) in [6.07, 6.45) is 4.67. The van der Waals surface area contributed by atoms with Gasteiger partial charge >= 0.3 is 0 Å². The average Bonchev–Trinajstić information content (AvgIpc) is 3.11. The van der Waals surface area contributed by atoms with Crippen LogP contribution in [0.4, 0.5) is 4.39 Å². The van der Waals surface area contributed by atoms with Gasteiger partial charge in [-0.1, -0.05) is 36.4 Å². The van der Waals surface area contributed by atoms with Crippen LogP contribution in [0, 0.1) is 5.82 Å². The van der Waals surface area contributed by atoms with E-state index in [1.807, 2.05) is 29.1 Å². The molecule has 0 fully saturated rings. The number of carbonyl (C=O) groups is 1. The summed E-state index contributed by atoms with van der Waals surface area (Å²) in [5, 5.41) is 7.57. The van der Waals surface area contributed by atoms with Crippen LogP contribution in [0.5, 0.6) is 5.75 Å². The van der Waals surface area contributed by atoms with Crippen molar-refractivity contribution in [3.05, 3.63) is 83.4 Å². The zero-order valence-corrected chi connectivity index (χ0v) is 15.5. The molecule has 0 aliphatic heterocycles. The highest BCUT2D eigenvalue weighted by Gasteiger charge is 2.25. The maximum absolute atomic E-state index is 13.2. The van der Waals surface area contributed by atoms with Crippen LogP contribution in [-0.4, -0.2) is 22.3 Å². The van der Waals surface area contributed by atoms with E-state index in [4.69, 9.17) is 4.74 Å². The van der Waals surface area contributed by atoms with Crippen molar-refractivity contribution in [2.75, 3.05) is 6.61 Å². The Labute approximate surface area is 163 Å². The first-order valence-electron chi connectivity index (χ1n) is 9.45. The van der Waals surface area contributed by atoms with Crippen molar-refractivity contribution in [3.63, 3.8) is 0 Å². The SMILES string of the molecule is O=C(COc1cccc(F)c1)NC1CCCc2c1cnn2Cc1ccccc1. The predicted octanol–water partition coefficient (Wildman–Crippen LogP) is 3.64. The highest BCUT2D eigenvalue weighted by molar-refractivity contribution is 5.78. The van der Waals surface area contributed by atoms with E-state index < -0.39 is 0 Å². The van der Waals surface area contributed by atoms with Crippen molar-refractivity contribution < 1.29 is 13.9 Å². The summed E-state index contributed by atoms with van der Waals surface area (Å²) in [4.78, 5) is 12.3. The normalized spacial score (nSPS) is 15.7. The molecule has 28 heavy (non-hydrogen) atoms. The molecule has 0 bridgehead atoms. The first-order valence-corrected chi connectivity index (χ1v) is 9.45. The van der Waals surface area contributed by atoms with Gasteiger partial charge in [-0.05, 0) is 37.0 Å². The second-order valence-corrected chi connectivity index (χ2v) is 6.95. The lowest BCUT2D eigenvalue weighted by atomic mass is 9.93. The summed E-state index contributed by atoms with van der Waals surface area (Å²) in [6, 6.07) is 15.9. The quantitative estimate of drug-likeness (QED) is 0.711. The predicted molar refractivity (Wildman–Crippen MR) is 103 cm³/mol. The molecule has 1 N–H and O–H groups in total. The molecule has 0 saturated carbocycles. The van der Waals surface area contributed by atoms with Crippen LogP contribution in [0.15, 0.2) is 60.8 Å². The zero-order valence-electron chi connectivity index (χ0n) is 15.5. The molecule has 3 aromatic rings. The summed E-state index contributed by atoms with van der Waals surface area (Å²) >= 11 is 0. The van der Waals surface area contributed by atoms with Gasteiger partial charge < -0.3 is 10.1 Å². The van der Waals surface area contributed by atoms with E-state index in [2.05, 4.69) is 22.5 Å². The summed E-state index contributed by atoms with van der Waals surface area (Å²) in [5.74, 6) is -0.270. The fourth-order valence-corrected chi connectivity index (χ4v) is 3.60. The number of hydrogen-bond acceptors (Lipinski definition) is 3. The molecule has 144 valence electrons. The number of aromatic nitrogens is 2. The molecule has 1 aliphatic carbocycles. The van der Waals surface area contributed by atoms with Crippen LogP contribution in [0.2, 0.25) is 0 Å². The number of nitrogens with zero attached hydrogens (tertiary/aromatic N) is 2. The minimum absolute atomic E-state index is 0.0723. The van der Waals surface area contributed by atoms with Gasteiger partial charge in [0.2, 0.25) is 0 Å². The van der Waals surface area contributed by atoms with Crippen LogP contribution in [0.1, 0.15) is 35.7 Å². The molecule has 1 aliphatic rings. The van der Waals surface area contributed by atoms with Gasteiger partial charge in [-0.3, -0.25) is 9.48 Å². The molecular weight excluding hydrogens is 357 g/mol. The molecule has 2 aromatic carbocycles. The van der Waals surface area contributed by atoms with E-state index in [1.165, 1.54) is 23.4 Å². The van der Waals surface area contributed by atoms with Crippen molar-refractivity contribution in [1.29, 1.82) is 0 Å². The molecular formula is C22H22FN3O2. The molecule has 1 amide bonds. The van der Waals surface area contributed by atoms with Gasteiger partial charge in [0.1, 0.15) is 11.6 Å². The third-order valence-corrected chi connectivity index (χ3v) is 4.94. The van der Waals surface area contributed by atoms with Crippen LogP contribution < -0.4 is 10.1 Å². The van der Waals surface area contributed by atoms with Crippen LogP contribution >= 0.6 is 0 Å². The zero-order chi connectivity index (χ0) is 19.3. The average molecular weight is 379 g/mol. The number of ether oxygens (including phenoxy) is 1. The van der Waals surface area contributed by atoms with E-state index in [0.717, 1.165) is 31.4 Å². The Morgan fingerprint density at radius 2 is 2.07 bits per heavy atom. The largest absolute Gasteiger partial charge is 0.484 e. The van der Waals surface area contributed by atoms with Gasteiger partial charge in [-0.2, -0.15) is 5.10 Å². The molecule has 5 nitrogen and oxygen atoms in total. The first-order chi connectivity index (χ1) is 13.7. The van der Waals surface area contributed by atoms with Crippen LogP contribution in [-0.2, 0) is 17.8 Å². The summed E-state index contributed by atoms with van der Waals surface area (Å²) in [7, 11) is 0. The highest BCUT2D eigenvalue weighted by Crippen LogP contribution is 2.30. The number of hydrogen-bond donors (Lipinski definition) is 1. The van der Waals surface area contributed by atoms with Crippen molar-refractivity contribution in [3.8, 4) is 5.75 Å². The molecule has 1 atom stereocenters. The lowest BCUT2D eigenvalue weighted by molar-refractivity contribution is -0.124. The lowest BCUT2D eigenvalue weighted by Crippen LogP contribution is -2.34. The number of carbonyl (C=O) groups excluding carboxylic acids is 1. The lowest BCUT2D eigenvalue weighted by Gasteiger charge is -2.24. The topological polar surface area (TPSA) is 56.1 Å². The Balaban J connectivity index is 1.40. The van der Waals surface area contributed by atoms with Gasteiger partial charge in [0, 0.05) is 17.3 Å². The number of halogens is 1. The Morgan fingerprint density at radius 3 is 2.89 bits per heavy atom. The molecule has 0 radical (unpaired) electrons. The van der Waals surface area contributed by atoms with E-state index in [9.17, 15) is 9.18 Å². The fourth-order valence-electron chi connectivity index (χ4n) is 3.60. The Morgan fingerprint density at radius 1 is 1.21 bits per heavy atom.